The van der Waals surface area contributed by atoms with Crippen molar-refractivity contribution in [3.05, 3.63) is 34.8 Å². The Morgan fingerprint density at radius 2 is 1.79 bits per heavy atom. The van der Waals surface area contributed by atoms with Crippen molar-refractivity contribution in [2.24, 2.45) is 0 Å². The Labute approximate surface area is 116 Å². The number of carbonyl (C=O) groups is 1. The van der Waals surface area contributed by atoms with Crippen molar-refractivity contribution < 1.29 is 9.53 Å². The van der Waals surface area contributed by atoms with Crippen molar-refractivity contribution in [3.63, 3.8) is 0 Å². The van der Waals surface area contributed by atoms with Crippen LogP contribution in [0.1, 0.15) is 36.1 Å². The first-order valence-corrected chi connectivity index (χ1v) is 6.76. The van der Waals surface area contributed by atoms with Gasteiger partial charge in [-0.3, -0.25) is 0 Å². The Morgan fingerprint density at radius 1 is 1.16 bits per heavy atom. The van der Waals surface area contributed by atoms with Crippen LogP contribution in [-0.4, -0.2) is 23.3 Å². The largest absolute Gasteiger partial charge is 0.465 e. The molecule has 0 aliphatic carbocycles. The van der Waals surface area contributed by atoms with Gasteiger partial charge in [0.25, 0.3) is 0 Å². The van der Waals surface area contributed by atoms with Crippen molar-refractivity contribution in [2.75, 3.05) is 7.11 Å². The highest BCUT2D eigenvalue weighted by atomic mass is 32.1. The van der Waals surface area contributed by atoms with E-state index in [1.807, 2.05) is 12.1 Å². The lowest BCUT2D eigenvalue weighted by Gasteiger charge is -2.12. The molecule has 0 spiro atoms. The van der Waals surface area contributed by atoms with Gasteiger partial charge >= 0.3 is 5.97 Å². The van der Waals surface area contributed by atoms with E-state index in [0.717, 1.165) is 15.6 Å². The van der Waals surface area contributed by atoms with Gasteiger partial charge in [0.15, 0.2) is 0 Å². The van der Waals surface area contributed by atoms with Gasteiger partial charge in [-0.15, -0.1) is 10.2 Å². The Hall–Kier alpha value is -1.75. The molecule has 0 N–H and O–H groups in total. The van der Waals surface area contributed by atoms with Gasteiger partial charge in [-0.25, -0.2) is 4.79 Å². The Morgan fingerprint density at radius 3 is 2.26 bits per heavy atom. The normalized spacial score (nSPS) is 11.4. The van der Waals surface area contributed by atoms with Gasteiger partial charge in [-0.2, -0.15) is 0 Å². The van der Waals surface area contributed by atoms with Gasteiger partial charge in [0.2, 0.25) is 0 Å². The minimum absolute atomic E-state index is 0.00186. The molecule has 0 saturated heterocycles. The molecular formula is C14H16N2O2S. The molecule has 0 atom stereocenters. The topological polar surface area (TPSA) is 52.1 Å². The standard InChI is InChI=1S/C14H16N2O2S/c1-14(2,3)13-16-15-11(19-13)9-5-7-10(8-6-9)12(17)18-4/h5-8H,1-4H3. The minimum Gasteiger partial charge on any atom is -0.465 e. The van der Waals surface area contributed by atoms with E-state index in [9.17, 15) is 4.79 Å². The van der Waals surface area contributed by atoms with Crippen molar-refractivity contribution in [1.82, 2.24) is 10.2 Å². The Kier molecular flexibility index (Phi) is 3.66. The van der Waals surface area contributed by atoms with Crippen LogP contribution >= 0.6 is 11.3 Å². The van der Waals surface area contributed by atoms with Gasteiger partial charge in [0.05, 0.1) is 12.7 Å². The summed E-state index contributed by atoms with van der Waals surface area (Å²) in [7, 11) is 1.37. The van der Waals surface area contributed by atoms with E-state index in [0.29, 0.717) is 5.56 Å². The first kappa shape index (κ1) is 13.7. The third-order valence-electron chi connectivity index (χ3n) is 2.62. The quantitative estimate of drug-likeness (QED) is 0.790. The van der Waals surface area contributed by atoms with Crippen LogP contribution in [0.2, 0.25) is 0 Å². The number of esters is 1. The smallest absolute Gasteiger partial charge is 0.337 e. The summed E-state index contributed by atoms with van der Waals surface area (Å²) < 4.78 is 4.67. The number of methoxy groups -OCH3 is 1. The van der Waals surface area contributed by atoms with Crippen LogP contribution in [0.25, 0.3) is 10.6 Å². The molecular weight excluding hydrogens is 260 g/mol. The summed E-state index contributed by atoms with van der Waals surface area (Å²) >= 11 is 1.57. The second kappa shape index (κ2) is 5.09. The maximum absolute atomic E-state index is 11.3. The molecule has 0 unspecified atom stereocenters. The number of rotatable bonds is 2. The highest BCUT2D eigenvalue weighted by Gasteiger charge is 2.19. The highest BCUT2D eigenvalue weighted by molar-refractivity contribution is 7.14. The minimum atomic E-state index is -0.334. The molecule has 1 aromatic heterocycles. The lowest BCUT2D eigenvalue weighted by Crippen LogP contribution is -2.10. The third-order valence-corrected chi connectivity index (χ3v) is 4.02. The molecule has 1 heterocycles. The number of benzene rings is 1. The SMILES string of the molecule is COC(=O)c1ccc(-c2nnc(C(C)(C)C)s2)cc1. The second-order valence-electron chi connectivity index (χ2n) is 5.23. The Balaban J connectivity index is 2.28. The summed E-state index contributed by atoms with van der Waals surface area (Å²) in [6.07, 6.45) is 0. The third kappa shape index (κ3) is 2.98. The van der Waals surface area contributed by atoms with E-state index in [1.165, 1.54) is 7.11 Å². The van der Waals surface area contributed by atoms with Crippen LogP contribution in [0.5, 0.6) is 0 Å². The van der Waals surface area contributed by atoms with E-state index < -0.39 is 0 Å². The van der Waals surface area contributed by atoms with E-state index in [1.54, 1.807) is 23.5 Å². The van der Waals surface area contributed by atoms with Crippen LogP contribution in [0, 0.1) is 0 Å². The molecule has 100 valence electrons. The van der Waals surface area contributed by atoms with Crippen molar-refractivity contribution in [1.29, 1.82) is 0 Å². The van der Waals surface area contributed by atoms with E-state index in [4.69, 9.17) is 0 Å². The van der Waals surface area contributed by atoms with Gasteiger partial charge in [-0.1, -0.05) is 44.2 Å². The Bertz CT molecular complexity index is 582. The highest BCUT2D eigenvalue weighted by Crippen LogP contribution is 2.30. The van der Waals surface area contributed by atoms with Crippen molar-refractivity contribution in [3.8, 4) is 10.6 Å². The fourth-order valence-electron chi connectivity index (χ4n) is 1.51. The number of hydrogen-bond donors (Lipinski definition) is 0. The first-order chi connectivity index (χ1) is 8.91. The predicted octanol–water partition coefficient (Wildman–Crippen LogP) is 3.29. The average Bonchev–Trinajstić information content (AvgIpc) is 2.87. The molecule has 2 rings (SSSR count). The monoisotopic (exact) mass is 276 g/mol. The molecule has 5 heteroatoms. The van der Waals surface area contributed by atoms with Crippen LogP contribution in [-0.2, 0) is 10.2 Å². The molecule has 2 aromatic rings. The molecule has 4 nitrogen and oxygen atoms in total. The number of hydrogen-bond acceptors (Lipinski definition) is 5. The first-order valence-electron chi connectivity index (χ1n) is 5.94. The van der Waals surface area contributed by atoms with Crippen LogP contribution in [0.3, 0.4) is 0 Å². The molecule has 0 amide bonds. The number of carbonyl (C=O) groups excluding carboxylic acids is 1. The summed E-state index contributed by atoms with van der Waals surface area (Å²) in [5, 5.41) is 10.3. The summed E-state index contributed by atoms with van der Waals surface area (Å²) in [6.45, 7) is 6.33. The lowest BCUT2D eigenvalue weighted by molar-refractivity contribution is 0.0601. The summed E-state index contributed by atoms with van der Waals surface area (Å²) in [4.78, 5) is 11.3. The van der Waals surface area contributed by atoms with E-state index >= 15 is 0 Å². The summed E-state index contributed by atoms with van der Waals surface area (Å²) in [6, 6.07) is 7.19. The fraction of sp³-hybridized carbons (Fsp3) is 0.357. The zero-order valence-electron chi connectivity index (χ0n) is 11.4. The summed E-state index contributed by atoms with van der Waals surface area (Å²) in [5.41, 5.74) is 1.49. The van der Waals surface area contributed by atoms with Crippen LogP contribution in [0.15, 0.2) is 24.3 Å². The van der Waals surface area contributed by atoms with Crippen LogP contribution in [0.4, 0.5) is 0 Å². The number of aromatic nitrogens is 2. The molecule has 0 bridgehead atoms. The molecule has 0 fully saturated rings. The molecule has 0 aliphatic heterocycles. The van der Waals surface area contributed by atoms with Crippen molar-refractivity contribution in [2.45, 2.75) is 26.2 Å². The predicted molar refractivity (Wildman–Crippen MR) is 75.4 cm³/mol. The average molecular weight is 276 g/mol. The maximum Gasteiger partial charge on any atom is 0.337 e. The zero-order valence-corrected chi connectivity index (χ0v) is 12.2. The van der Waals surface area contributed by atoms with Gasteiger partial charge in [0.1, 0.15) is 10.0 Å². The number of nitrogens with zero attached hydrogens (tertiary/aromatic N) is 2. The lowest BCUT2D eigenvalue weighted by atomic mass is 9.98. The van der Waals surface area contributed by atoms with Gasteiger partial charge in [0, 0.05) is 11.0 Å². The molecule has 19 heavy (non-hydrogen) atoms. The zero-order chi connectivity index (χ0) is 14.0. The number of ether oxygens (including phenoxy) is 1. The van der Waals surface area contributed by atoms with E-state index in [2.05, 4.69) is 35.7 Å². The second-order valence-corrected chi connectivity index (χ2v) is 6.21. The molecule has 0 saturated carbocycles. The van der Waals surface area contributed by atoms with Gasteiger partial charge < -0.3 is 4.74 Å². The van der Waals surface area contributed by atoms with Gasteiger partial charge in [-0.05, 0) is 12.1 Å². The van der Waals surface area contributed by atoms with E-state index in [-0.39, 0.29) is 11.4 Å². The molecule has 0 aliphatic rings. The van der Waals surface area contributed by atoms with Crippen molar-refractivity contribution >= 4 is 17.3 Å². The van der Waals surface area contributed by atoms with Crippen LogP contribution < -0.4 is 0 Å². The fourth-order valence-corrected chi connectivity index (χ4v) is 2.42. The summed E-state index contributed by atoms with van der Waals surface area (Å²) in [5.74, 6) is -0.334. The molecule has 1 aromatic carbocycles. The maximum atomic E-state index is 11.3. The molecule has 0 radical (unpaired) electrons.